The summed E-state index contributed by atoms with van der Waals surface area (Å²) < 4.78 is 13.6. The number of phenols is 1. The van der Waals surface area contributed by atoms with Crippen molar-refractivity contribution < 1.29 is 14.3 Å². The first kappa shape index (κ1) is 16.3. The highest BCUT2D eigenvalue weighted by molar-refractivity contribution is 6.18. The Balaban J connectivity index is 1.65. The summed E-state index contributed by atoms with van der Waals surface area (Å²) in [7, 11) is 0. The molecule has 1 amide bonds. The van der Waals surface area contributed by atoms with Gasteiger partial charge in [0, 0.05) is 27.4 Å². The van der Waals surface area contributed by atoms with Crippen LogP contribution in [0.2, 0.25) is 0 Å². The van der Waals surface area contributed by atoms with E-state index in [9.17, 15) is 14.3 Å². The molecule has 136 valence electrons. The molecule has 3 N–H and O–H groups in total. The van der Waals surface area contributed by atoms with Crippen LogP contribution < -0.4 is 5.32 Å². The normalized spacial score (nSPS) is 11.3. The molecule has 0 saturated heterocycles. The SMILES string of the molecule is O=C(Nc1ccccc1)c1cc2ccc3c4cc(F)ccc4[nH]c3c2cc1O. The second-order valence-electron chi connectivity index (χ2n) is 6.71. The zero-order chi connectivity index (χ0) is 19.3. The number of H-pyrrole nitrogens is 1. The molecule has 5 rings (SSSR count). The number of rotatable bonds is 2. The molecular formula is C23H15FN2O2. The average molecular weight is 370 g/mol. The van der Waals surface area contributed by atoms with E-state index >= 15 is 0 Å². The van der Waals surface area contributed by atoms with E-state index in [1.165, 1.54) is 12.1 Å². The van der Waals surface area contributed by atoms with E-state index in [0.717, 1.165) is 32.6 Å². The molecule has 0 spiro atoms. The highest BCUT2D eigenvalue weighted by Gasteiger charge is 2.15. The maximum atomic E-state index is 13.6. The van der Waals surface area contributed by atoms with Gasteiger partial charge in [-0.3, -0.25) is 4.79 Å². The van der Waals surface area contributed by atoms with Crippen LogP contribution in [0.4, 0.5) is 10.1 Å². The predicted octanol–water partition coefficient (Wildman–Crippen LogP) is 5.57. The molecule has 0 aliphatic carbocycles. The molecule has 5 aromatic rings. The number of hydrogen-bond donors (Lipinski definition) is 3. The molecular weight excluding hydrogens is 355 g/mol. The van der Waals surface area contributed by atoms with Crippen molar-refractivity contribution in [3.05, 3.63) is 84.2 Å². The number of hydrogen-bond acceptors (Lipinski definition) is 2. The van der Waals surface area contributed by atoms with Gasteiger partial charge in [0.2, 0.25) is 0 Å². The second-order valence-corrected chi connectivity index (χ2v) is 6.71. The Morgan fingerprint density at radius 1 is 0.893 bits per heavy atom. The third kappa shape index (κ3) is 2.56. The molecule has 0 aliphatic rings. The smallest absolute Gasteiger partial charge is 0.259 e. The number of anilines is 1. The molecule has 1 aromatic heterocycles. The molecule has 0 saturated carbocycles. The Kier molecular flexibility index (Phi) is 3.55. The highest BCUT2D eigenvalue weighted by Crippen LogP contribution is 2.34. The van der Waals surface area contributed by atoms with Gasteiger partial charge in [-0.05, 0) is 47.9 Å². The van der Waals surface area contributed by atoms with Gasteiger partial charge in [0.1, 0.15) is 11.6 Å². The highest BCUT2D eigenvalue weighted by atomic mass is 19.1. The van der Waals surface area contributed by atoms with Crippen LogP contribution in [0.25, 0.3) is 32.6 Å². The van der Waals surface area contributed by atoms with Crippen molar-refractivity contribution in [2.75, 3.05) is 5.32 Å². The molecule has 0 bridgehead atoms. The summed E-state index contributed by atoms with van der Waals surface area (Å²) in [5, 5.41) is 16.5. The Labute approximate surface area is 159 Å². The van der Waals surface area contributed by atoms with Gasteiger partial charge in [-0.2, -0.15) is 0 Å². The minimum absolute atomic E-state index is 0.113. The minimum Gasteiger partial charge on any atom is -0.507 e. The Morgan fingerprint density at radius 3 is 2.54 bits per heavy atom. The van der Waals surface area contributed by atoms with E-state index in [0.29, 0.717) is 5.69 Å². The predicted molar refractivity (Wildman–Crippen MR) is 109 cm³/mol. The number of amides is 1. The van der Waals surface area contributed by atoms with Crippen LogP contribution in [0.1, 0.15) is 10.4 Å². The first-order valence-electron chi connectivity index (χ1n) is 8.83. The first-order valence-corrected chi connectivity index (χ1v) is 8.83. The molecule has 0 radical (unpaired) electrons. The van der Waals surface area contributed by atoms with Crippen LogP contribution in [0.15, 0.2) is 72.8 Å². The van der Waals surface area contributed by atoms with Crippen molar-refractivity contribution in [2.24, 2.45) is 0 Å². The van der Waals surface area contributed by atoms with Crippen LogP contribution in [0.5, 0.6) is 5.75 Å². The van der Waals surface area contributed by atoms with Gasteiger partial charge in [-0.25, -0.2) is 4.39 Å². The van der Waals surface area contributed by atoms with Crippen LogP contribution in [-0.4, -0.2) is 16.0 Å². The number of halogens is 1. The molecule has 28 heavy (non-hydrogen) atoms. The van der Waals surface area contributed by atoms with Crippen molar-refractivity contribution in [3.63, 3.8) is 0 Å². The minimum atomic E-state index is -0.385. The molecule has 0 atom stereocenters. The third-order valence-corrected chi connectivity index (χ3v) is 4.94. The average Bonchev–Trinajstić information content (AvgIpc) is 3.06. The molecule has 1 heterocycles. The number of benzene rings is 4. The number of aromatic hydroxyl groups is 1. The number of carbonyl (C=O) groups is 1. The van der Waals surface area contributed by atoms with E-state index in [4.69, 9.17) is 0 Å². The first-order chi connectivity index (χ1) is 13.6. The number of aromatic nitrogens is 1. The topological polar surface area (TPSA) is 65.1 Å². The summed E-state index contributed by atoms with van der Waals surface area (Å²) in [5.41, 5.74) is 2.45. The second kappa shape index (κ2) is 6.09. The van der Waals surface area contributed by atoms with E-state index in [1.54, 1.807) is 30.3 Å². The number of para-hydroxylation sites is 1. The fourth-order valence-electron chi connectivity index (χ4n) is 3.60. The van der Waals surface area contributed by atoms with E-state index in [2.05, 4.69) is 10.3 Å². The Bertz CT molecular complexity index is 1370. The van der Waals surface area contributed by atoms with Crippen molar-refractivity contribution in [3.8, 4) is 5.75 Å². The third-order valence-electron chi connectivity index (χ3n) is 4.94. The van der Waals surface area contributed by atoms with Gasteiger partial charge >= 0.3 is 0 Å². The lowest BCUT2D eigenvalue weighted by atomic mass is 10.0. The number of aromatic amines is 1. The van der Waals surface area contributed by atoms with E-state index < -0.39 is 0 Å². The lowest BCUT2D eigenvalue weighted by Crippen LogP contribution is -2.12. The number of phenolic OH excluding ortho intramolecular Hbond substituents is 1. The lowest BCUT2D eigenvalue weighted by molar-refractivity contribution is 0.102. The summed E-state index contributed by atoms with van der Waals surface area (Å²) in [5.74, 6) is -0.799. The fourth-order valence-corrected chi connectivity index (χ4v) is 3.60. The van der Waals surface area contributed by atoms with Gasteiger partial charge < -0.3 is 15.4 Å². The van der Waals surface area contributed by atoms with Gasteiger partial charge in [-0.15, -0.1) is 0 Å². The van der Waals surface area contributed by atoms with Gasteiger partial charge in [-0.1, -0.05) is 30.3 Å². The number of carbonyl (C=O) groups excluding carboxylic acids is 1. The van der Waals surface area contributed by atoms with E-state index in [-0.39, 0.29) is 23.0 Å². The van der Waals surface area contributed by atoms with Crippen molar-refractivity contribution in [1.82, 2.24) is 4.98 Å². The van der Waals surface area contributed by atoms with Crippen molar-refractivity contribution in [1.29, 1.82) is 0 Å². The van der Waals surface area contributed by atoms with E-state index in [1.807, 2.05) is 30.3 Å². The maximum Gasteiger partial charge on any atom is 0.259 e. The summed E-state index contributed by atoms with van der Waals surface area (Å²) in [6.07, 6.45) is 0. The lowest BCUT2D eigenvalue weighted by Gasteiger charge is -2.09. The summed E-state index contributed by atoms with van der Waals surface area (Å²) in [6.45, 7) is 0. The summed E-state index contributed by atoms with van der Waals surface area (Å²) >= 11 is 0. The summed E-state index contributed by atoms with van der Waals surface area (Å²) in [6, 6.07) is 20.7. The van der Waals surface area contributed by atoms with Gasteiger partial charge in [0.15, 0.2) is 0 Å². The molecule has 0 unspecified atom stereocenters. The Hall–Kier alpha value is -3.86. The maximum absolute atomic E-state index is 13.6. The van der Waals surface area contributed by atoms with Crippen molar-refractivity contribution in [2.45, 2.75) is 0 Å². The zero-order valence-corrected chi connectivity index (χ0v) is 14.7. The quantitative estimate of drug-likeness (QED) is 0.380. The monoisotopic (exact) mass is 370 g/mol. The summed E-state index contributed by atoms with van der Waals surface area (Å²) in [4.78, 5) is 15.9. The van der Waals surface area contributed by atoms with Crippen molar-refractivity contribution >= 4 is 44.2 Å². The van der Waals surface area contributed by atoms with Crippen LogP contribution in [0.3, 0.4) is 0 Å². The molecule has 5 heteroatoms. The van der Waals surface area contributed by atoms with Gasteiger partial charge in [0.25, 0.3) is 5.91 Å². The molecule has 4 nitrogen and oxygen atoms in total. The standard InChI is InChI=1S/C23H15FN2O2/c24-14-7-9-20-18(11-14)16-8-6-13-10-19(21(27)12-17(13)22(16)26-20)23(28)25-15-4-2-1-3-5-15/h1-12,26-27H,(H,25,28). The van der Waals surface area contributed by atoms with Crippen LogP contribution in [0, 0.1) is 5.82 Å². The number of fused-ring (bicyclic) bond motifs is 5. The number of nitrogens with one attached hydrogen (secondary N) is 2. The van der Waals surface area contributed by atoms with Gasteiger partial charge in [0.05, 0.1) is 11.1 Å². The molecule has 4 aromatic carbocycles. The molecule has 0 aliphatic heterocycles. The van der Waals surface area contributed by atoms with Crippen LogP contribution >= 0.6 is 0 Å². The fraction of sp³-hybridized carbons (Fsp3) is 0. The molecule has 0 fully saturated rings. The zero-order valence-electron chi connectivity index (χ0n) is 14.7. The van der Waals surface area contributed by atoms with Crippen LogP contribution in [-0.2, 0) is 0 Å². The Morgan fingerprint density at radius 2 is 1.71 bits per heavy atom. The largest absolute Gasteiger partial charge is 0.507 e.